The number of hydrogen-bond acceptors (Lipinski definition) is 2. The Hall–Kier alpha value is -0.570. The van der Waals surface area contributed by atoms with Crippen LogP contribution in [0.15, 0.2) is 0 Å². The molecule has 0 heterocycles. The first-order chi connectivity index (χ1) is 5.41. The van der Waals surface area contributed by atoms with Gasteiger partial charge in [0.2, 0.25) is 0 Å². The fourth-order valence-electron chi connectivity index (χ4n) is 2.03. The molecule has 1 unspecified atom stereocenters. The van der Waals surface area contributed by atoms with Crippen LogP contribution < -0.4 is 5.73 Å². The third-order valence-electron chi connectivity index (χ3n) is 2.65. The van der Waals surface area contributed by atoms with Crippen LogP contribution in [0.3, 0.4) is 0 Å². The average molecular weight is 171 g/mol. The van der Waals surface area contributed by atoms with Crippen molar-refractivity contribution in [3.05, 3.63) is 0 Å². The van der Waals surface area contributed by atoms with Gasteiger partial charge < -0.3 is 10.8 Å². The van der Waals surface area contributed by atoms with Crippen molar-refractivity contribution in [1.82, 2.24) is 0 Å². The molecule has 1 aliphatic rings. The van der Waals surface area contributed by atoms with Gasteiger partial charge in [0.25, 0.3) is 0 Å². The van der Waals surface area contributed by atoms with Crippen LogP contribution in [0.2, 0.25) is 0 Å². The second kappa shape index (κ2) is 3.05. The van der Waals surface area contributed by atoms with E-state index in [1.807, 2.05) is 0 Å². The maximum atomic E-state index is 10.3. The number of rotatable bonds is 3. The highest BCUT2D eigenvalue weighted by Gasteiger charge is 2.39. The van der Waals surface area contributed by atoms with Gasteiger partial charge in [-0.3, -0.25) is 4.79 Å². The zero-order chi connectivity index (χ0) is 9.35. The van der Waals surface area contributed by atoms with Gasteiger partial charge in [-0.25, -0.2) is 0 Å². The third kappa shape index (κ3) is 2.21. The number of carboxylic acids is 1. The summed E-state index contributed by atoms with van der Waals surface area (Å²) in [5.74, 6) is -0.358. The Morgan fingerprint density at radius 3 is 2.50 bits per heavy atom. The van der Waals surface area contributed by atoms with Gasteiger partial charge in [0.1, 0.15) is 0 Å². The molecule has 0 aromatic heterocycles. The summed E-state index contributed by atoms with van der Waals surface area (Å²) in [5.41, 5.74) is 6.11. The van der Waals surface area contributed by atoms with E-state index in [4.69, 9.17) is 10.8 Å². The lowest BCUT2D eigenvalue weighted by Gasteiger charge is -2.45. The predicted molar refractivity (Wildman–Crippen MR) is 46.7 cm³/mol. The number of carbonyl (C=O) groups is 1. The molecular formula is C9H17NO2. The SMILES string of the molecule is CC1(C)CC(C(N)CC(=O)O)C1. The molecular weight excluding hydrogens is 154 g/mol. The van der Waals surface area contributed by atoms with Crippen LogP contribution in [0.25, 0.3) is 0 Å². The second-order valence-corrected chi connectivity index (χ2v) is 4.59. The second-order valence-electron chi connectivity index (χ2n) is 4.59. The minimum atomic E-state index is -0.785. The van der Waals surface area contributed by atoms with Crippen molar-refractivity contribution < 1.29 is 9.90 Å². The van der Waals surface area contributed by atoms with E-state index in [0.717, 1.165) is 12.8 Å². The smallest absolute Gasteiger partial charge is 0.304 e. The molecule has 12 heavy (non-hydrogen) atoms. The maximum Gasteiger partial charge on any atom is 0.304 e. The summed E-state index contributed by atoms with van der Waals surface area (Å²) in [6.07, 6.45) is 2.25. The first kappa shape index (κ1) is 9.52. The Bertz CT molecular complexity index is 181. The van der Waals surface area contributed by atoms with E-state index in [9.17, 15) is 4.79 Å². The normalized spacial score (nSPS) is 24.6. The monoisotopic (exact) mass is 171 g/mol. The standard InChI is InChI=1S/C9H17NO2/c1-9(2)4-6(5-9)7(10)3-8(11)12/h6-7H,3-5,10H2,1-2H3,(H,11,12). The van der Waals surface area contributed by atoms with E-state index in [1.54, 1.807) is 0 Å². The molecule has 1 fully saturated rings. The molecule has 0 saturated heterocycles. The van der Waals surface area contributed by atoms with Crippen molar-refractivity contribution in [2.24, 2.45) is 17.1 Å². The van der Waals surface area contributed by atoms with Gasteiger partial charge in [-0.2, -0.15) is 0 Å². The summed E-state index contributed by atoms with van der Waals surface area (Å²) < 4.78 is 0. The molecule has 0 radical (unpaired) electrons. The molecule has 3 heteroatoms. The van der Waals surface area contributed by atoms with Crippen LogP contribution >= 0.6 is 0 Å². The first-order valence-electron chi connectivity index (χ1n) is 4.38. The summed E-state index contributed by atoms with van der Waals surface area (Å²) in [6.45, 7) is 4.38. The Labute approximate surface area is 72.9 Å². The molecule has 0 amide bonds. The van der Waals surface area contributed by atoms with Gasteiger partial charge >= 0.3 is 5.97 Å². The number of nitrogens with two attached hydrogens (primary N) is 1. The van der Waals surface area contributed by atoms with Crippen LogP contribution in [0.4, 0.5) is 0 Å². The summed E-state index contributed by atoms with van der Waals surface area (Å²) in [7, 11) is 0. The predicted octanol–water partition coefficient (Wildman–Crippen LogP) is 1.22. The maximum absolute atomic E-state index is 10.3. The molecule has 1 aliphatic carbocycles. The average Bonchev–Trinajstić information content (AvgIpc) is 1.80. The van der Waals surface area contributed by atoms with E-state index >= 15 is 0 Å². The van der Waals surface area contributed by atoms with Crippen molar-refractivity contribution in [2.75, 3.05) is 0 Å². The lowest BCUT2D eigenvalue weighted by atomic mass is 9.62. The third-order valence-corrected chi connectivity index (χ3v) is 2.65. The molecule has 3 N–H and O–H groups in total. The minimum Gasteiger partial charge on any atom is -0.481 e. The van der Waals surface area contributed by atoms with Crippen molar-refractivity contribution in [2.45, 2.75) is 39.2 Å². The highest BCUT2D eigenvalue weighted by molar-refractivity contribution is 5.67. The van der Waals surface area contributed by atoms with Crippen LogP contribution in [-0.2, 0) is 4.79 Å². The van der Waals surface area contributed by atoms with Gasteiger partial charge in [-0.05, 0) is 24.2 Å². The molecule has 0 spiro atoms. The summed E-state index contributed by atoms with van der Waals surface area (Å²) in [4.78, 5) is 10.3. The van der Waals surface area contributed by atoms with Crippen LogP contribution in [0, 0.1) is 11.3 Å². The Balaban J connectivity index is 2.28. The lowest BCUT2D eigenvalue weighted by molar-refractivity contribution is -0.138. The molecule has 0 bridgehead atoms. The highest BCUT2D eigenvalue weighted by Crippen LogP contribution is 2.46. The largest absolute Gasteiger partial charge is 0.481 e. The fourth-order valence-corrected chi connectivity index (χ4v) is 2.03. The quantitative estimate of drug-likeness (QED) is 0.671. The lowest BCUT2D eigenvalue weighted by Crippen LogP contribution is -2.44. The van der Waals surface area contributed by atoms with E-state index in [1.165, 1.54) is 0 Å². The Morgan fingerprint density at radius 2 is 2.17 bits per heavy atom. The molecule has 0 aromatic carbocycles. The molecule has 1 rings (SSSR count). The van der Waals surface area contributed by atoms with Gasteiger partial charge in [-0.15, -0.1) is 0 Å². The molecule has 1 atom stereocenters. The molecule has 1 saturated carbocycles. The van der Waals surface area contributed by atoms with Gasteiger partial charge in [-0.1, -0.05) is 13.8 Å². The van der Waals surface area contributed by atoms with Gasteiger partial charge in [0.05, 0.1) is 6.42 Å². The number of hydrogen-bond donors (Lipinski definition) is 2. The molecule has 0 aliphatic heterocycles. The van der Waals surface area contributed by atoms with E-state index in [-0.39, 0.29) is 12.5 Å². The van der Waals surface area contributed by atoms with E-state index in [0.29, 0.717) is 11.3 Å². The topological polar surface area (TPSA) is 63.3 Å². The zero-order valence-electron chi connectivity index (χ0n) is 7.71. The van der Waals surface area contributed by atoms with Gasteiger partial charge in [0, 0.05) is 6.04 Å². The highest BCUT2D eigenvalue weighted by atomic mass is 16.4. The Kier molecular flexibility index (Phi) is 2.42. The van der Waals surface area contributed by atoms with E-state index < -0.39 is 5.97 Å². The zero-order valence-corrected chi connectivity index (χ0v) is 7.71. The summed E-state index contributed by atoms with van der Waals surface area (Å²) >= 11 is 0. The first-order valence-corrected chi connectivity index (χ1v) is 4.38. The van der Waals surface area contributed by atoms with E-state index in [2.05, 4.69) is 13.8 Å². The Morgan fingerprint density at radius 1 is 1.67 bits per heavy atom. The summed E-state index contributed by atoms with van der Waals surface area (Å²) in [5, 5.41) is 8.50. The van der Waals surface area contributed by atoms with Crippen molar-refractivity contribution in [3.63, 3.8) is 0 Å². The minimum absolute atomic E-state index is 0.112. The van der Waals surface area contributed by atoms with Gasteiger partial charge in [0.15, 0.2) is 0 Å². The molecule has 70 valence electrons. The van der Waals surface area contributed by atoms with Crippen LogP contribution in [-0.4, -0.2) is 17.1 Å². The van der Waals surface area contributed by atoms with Crippen LogP contribution in [0.5, 0.6) is 0 Å². The molecule has 0 aromatic rings. The summed E-state index contributed by atoms with van der Waals surface area (Å²) in [6, 6.07) is -0.143. The molecule has 3 nitrogen and oxygen atoms in total. The number of carboxylic acid groups (broad SMARTS) is 1. The van der Waals surface area contributed by atoms with Crippen LogP contribution in [0.1, 0.15) is 33.1 Å². The van der Waals surface area contributed by atoms with Crippen molar-refractivity contribution >= 4 is 5.97 Å². The number of aliphatic carboxylic acids is 1. The fraction of sp³-hybridized carbons (Fsp3) is 0.889. The van der Waals surface area contributed by atoms with Crippen molar-refractivity contribution in [1.29, 1.82) is 0 Å². The van der Waals surface area contributed by atoms with Crippen molar-refractivity contribution in [3.8, 4) is 0 Å².